The Balaban J connectivity index is 2.65. The van der Waals surface area contributed by atoms with Gasteiger partial charge in [-0.1, -0.05) is 12.8 Å². The molecule has 6 heteroatoms. The van der Waals surface area contributed by atoms with Crippen molar-refractivity contribution in [2.24, 2.45) is 5.73 Å². The molecule has 1 aliphatic rings. The molecule has 0 unspecified atom stereocenters. The van der Waals surface area contributed by atoms with Gasteiger partial charge in [-0.05, 0) is 33.6 Å². The van der Waals surface area contributed by atoms with E-state index in [9.17, 15) is 9.59 Å². The molecule has 0 spiro atoms. The fourth-order valence-corrected chi connectivity index (χ4v) is 2.53. The molecule has 0 heterocycles. The number of rotatable bonds is 3. The Bertz CT molecular complexity index is 352. The Morgan fingerprint density at radius 1 is 1.30 bits per heavy atom. The molecule has 20 heavy (non-hydrogen) atoms. The fraction of sp³-hybridized carbons (Fsp3) is 0.857. The Hall–Kier alpha value is -1.30. The summed E-state index contributed by atoms with van der Waals surface area (Å²) < 4.78 is 5.28. The Kier molecular flexibility index (Phi) is 5.80. The monoisotopic (exact) mass is 285 g/mol. The van der Waals surface area contributed by atoms with Crippen molar-refractivity contribution in [3.8, 4) is 0 Å². The second-order valence-electron chi connectivity index (χ2n) is 6.31. The lowest BCUT2D eigenvalue weighted by molar-refractivity contribution is -0.131. The van der Waals surface area contributed by atoms with Crippen LogP contribution >= 0.6 is 0 Å². The van der Waals surface area contributed by atoms with Crippen LogP contribution in [-0.2, 0) is 9.53 Å². The first-order chi connectivity index (χ1) is 9.24. The third-order valence-corrected chi connectivity index (χ3v) is 3.50. The van der Waals surface area contributed by atoms with Crippen molar-refractivity contribution >= 4 is 12.0 Å². The van der Waals surface area contributed by atoms with Crippen LogP contribution in [0.2, 0.25) is 0 Å². The number of amides is 2. The predicted molar refractivity (Wildman–Crippen MR) is 77.2 cm³/mol. The summed E-state index contributed by atoms with van der Waals surface area (Å²) >= 11 is 0. The molecule has 2 amide bonds. The molecule has 1 aliphatic carbocycles. The number of nitrogens with zero attached hydrogens (tertiary/aromatic N) is 1. The van der Waals surface area contributed by atoms with Crippen molar-refractivity contribution < 1.29 is 14.3 Å². The van der Waals surface area contributed by atoms with Gasteiger partial charge in [0.15, 0.2) is 0 Å². The molecule has 0 saturated heterocycles. The molecule has 1 fully saturated rings. The van der Waals surface area contributed by atoms with Gasteiger partial charge in [0.2, 0.25) is 5.91 Å². The summed E-state index contributed by atoms with van der Waals surface area (Å²) in [5.41, 5.74) is 4.89. The summed E-state index contributed by atoms with van der Waals surface area (Å²) in [5, 5.41) is 2.89. The molecule has 0 radical (unpaired) electrons. The van der Waals surface area contributed by atoms with Crippen LogP contribution in [0.25, 0.3) is 0 Å². The number of alkyl carbamates (subject to hydrolysis) is 1. The first-order valence-corrected chi connectivity index (χ1v) is 7.20. The zero-order valence-electron chi connectivity index (χ0n) is 12.9. The van der Waals surface area contributed by atoms with Crippen molar-refractivity contribution in [3.63, 3.8) is 0 Å². The van der Waals surface area contributed by atoms with Crippen molar-refractivity contribution in [1.82, 2.24) is 10.2 Å². The maximum absolute atomic E-state index is 11.9. The maximum atomic E-state index is 11.9. The van der Waals surface area contributed by atoms with Gasteiger partial charge in [-0.25, -0.2) is 4.79 Å². The lowest BCUT2D eigenvalue weighted by atomic mass is 9.89. The third kappa shape index (κ3) is 5.00. The minimum Gasteiger partial charge on any atom is -0.444 e. The lowest BCUT2D eigenvalue weighted by Gasteiger charge is -2.38. The molecule has 1 rings (SSSR count). The van der Waals surface area contributed by atoms with E-state index in [1.807, 2.05) is 20.8 Å². The fourth-order valence-electron chi connectivity index (χ4n) is 2.53. The third-order valence-electron chi connectivity index (χ3n) is 3.50. The Morgan fingerprint density at radius 2 is 1.90 bits per heavy atom. The van der Waals surface area contributed by atoms with E-state index in [2.05, 4.69) is 5.32 Å². The molecule has 3 N–H and O–H groups in total. The first-order valence-electron chi connectivity index (χ1n) is 7.20. The van der Waals surface area contributed by atoms with E-state index in [0.717, 1.165) is 25.7 Å². The number of carbonyl (C=O) groups is 2. The molecular weight excluding hydrogens is 258 g/mol. The van der Waals surface area contributed by atoms with Gasteiger partial charge in [-0.2, -0.15) is 0 Å². The summed E-state index contributed by atoms with van der Waals surface area (Å²) in [6.45, 7) is 5.48. The van der Waals surface area contributed by atoms with Crippen LogP contribution in [0.15, 0.2) is 0 Å². The maximum Gasteiger partial charge on any atom is 0.407 e. The van der Waals surface area contributed by atoms with Gasteiger partial charge in [0.05, 0.1) is 18.6 Å². The van der Waals surface area contributed by atoms with Crippen LogP contribution in [0, 0.1) is 0 Å². The van der Waals surface area contributed by atoms with Crippen LogP contribution in [0.3, 0.4) is 0 Å². The summed E-state index contributed by atoms with van der Waals surface area (Å²) in [6, 6.07) is -0.0774. The molecular formula is C14H27N3O3. The van der Waals surface area contributed by atoms with E-state index >= 15 is 0 Å². The normalized spacial score (nSPS) is 23.1. The van der Waals surface area contributed by atoms with Gasteiger partial charge in [-0.15, -0.1) is 0 Å². The number of hydrogen-bond acceptors (Lipinski definition) is 4. The molecule has 1 saturated carbocycles. The van der Waals surface area contributed by atoms with Crippen LogP contribution in [0.4, 0.5) is 4.79 Å². The Morgan fingerprint density at radius 3 is 2.45 bits per heavy atom. The molecule has 0 aromatic carbocycles. The number of nitrogens with two attached hydrogens (primary N) is 1. The second kappa shape index (κ2) is 6.92. The molecule has 2 atom stereocenters. The average Bonchev–Trinajstić information content (AvgIpc) is 2.35. The largest absolute Gasteiger partial charge is 0.444 e. The predicted octanol–water partition coefficient (Wildman–Crippen LogP) is 1.24. The van der Waals surface area contributed by atoms with E-state index in [1.165, 1.54) is 0 Å². The summed E-state index contributed by atoms with van der Waals surface area (Å²) in [4.78, 5) is 25.3. The highest BCUT2D eigenvalue weighted by atomic mass is 16.6. The standard InChI is InChI=1S/C14H27N3O3/c1-14(2,3)20-13(19)16-10-7-5-6-8-11(10)17(4)12(18)9-15/h10-11H,5-9,15H2,1-4H3,(H,16,19)/t10-,11+/m0/s1. The van der Waals surface area contributed by atoms with Crippen molar-refractivity contribution in [2.45, 2.75) is 64.1 Å². The number of hydrogen-bond donors (Lipinski definition) is 2. The van der Waals surface area contributed by atoms with Crippen molar-refractivity contribution in [3.05, 3.63) is 0 Å². The minimum absolute atomic E-state index is 0.00711. The highest BCUT2D eigenvalue weighted by molar-refractivity contribution is 5.78. The van der Waals surface area contributed by atoms with E-state index < -0.39 is 11.7 Å². The van der Waals surface area contributed by atoms with Crippen LogP contribution in [0.1, 0.15) is 46.5 Å². The molecule has 0 aromatic rings. The summed E-state index contributed by atoms with van der Waals surface area (Å²) in [5.74, 6) is -0.104. The zero-order chi connectivity index (χ0) is 15.3. The highest BCUT2D eigenvalue weighted by Gasteiger charge is 2.32. The molecule has 0 aromatic heterocycles. The minimum atomic E-state index is -0.521. The van der Waals surface area contributed by atoms with E-state index in [1.54, 1.807) is 11.9 Å². The quantitative estimate of drug-likeness (QED) is 0.817. The van der Waals surface area contributed by atoms with E-state index in [-0.39, 0.29) is 24.5 Å². The number of ether oxygens (including phenoxy) is 1. The van der Waals surface area contributed by atoms with Gasteiger partial charge < -0.3 is 20.7 Å². The van der Waals surface area contributed by atoms with E-state index in [0.29, 0.717) is 0 Å². The smallest absolute Gasteiger partial charge is 0.407 e. The SMILES string of the molecule is CN(C(=O)CN)[C@@H]1CCCC[C@@H]1NC(=O)OC(C)(C)C. The van der Waals surface area contributed by atoms with E-state index in [4.69, 9.17) is 10.5 Å². The van der Waals surface area contributed by atoms with Gasteiger partial charge >= 0.3 is 6.09 Å². The van der Waals surface area contributed by atoms with Gasteiger partial charge in [0.25, 0.3) is 0 Å². The molecule has 116 valence electrons. The molecule has 0 bridgehead atoms. The van der Waals surface area contributed by atoms with Gasteiger partial charge in [-0.3, -0.25) is 4.79 Å². The van der Waals surface area contributed by atoms with Gasteiger partial charge in [0, 0.05) is 7.05 Å². The average molecular weight is 285 g/mol. The topological polar surface area (TPSA) is 84.7 Å². The van der Waals surface area contributed by atoms with Crippen LogP contribution in [0.5, 0.6) is 0 Å². The zero-order valence-corrected chi connectivity index (χ0v) is 12.9. The second-order valence-corrected chi connectivity index (χ2v) is 6.31. The lowest BCUT2D eigenvalue weighted by Crippen LogP contribution is -2.55. The van der Waals surface area contributed by atoms with Crippen molar-refractivity contribution in [1.29, 1.82) is 0 Å². The molecule has 6 nitrogen and oxygen atoms in total. The van der Waals surface area contributed by atoms with Gasteiger partial charge in [0.1, 0.15) is 5.60 Å². The molecule has 0 aliphatic heterocycles. The number of carbonyl (C=O) groups excluding carboxylic acids is 2. The highest BCUT2D eigenvalue weighted by Crippen LogP contribution is 2.23. The van der Waals surface area contributed by atoms with Crippen LogP contribution < -0.4 is 11.1 Å². The summed E-state index contributed by atoms with van der Waals surface area (Å²) in [6.07, 6.45) is 3.40. The first kappa shape index (κ1) is 16.8. The Labute approximate surface area is 121 Å². The summed E-state index contributed by atoms with van der Waals surface area (Å²) in [7, 11) is 1.74. The van der Waals surface area contributed by atoms with Crippen molar-refractivity contribution in [2.75, 3.05) is 13.6 Å². The number of likely N-dealkylation sites (N-methyl/N-ethyl adjacent to an activating group) is 1. The van der Waals surface area contributed by atoms with Crippen LogP contribution in [-0.4, -0.2) is 48.2 Å². The number of nitrogens with one attached hydrogen (secondary N) is 1.